The summed E-state index contributed by atoms with van der Waals surface area (Å²) in [4.78, 5) is 49.0. The average Bonchev–Trinajstić information content (AvgIpc) is 3.02. The fraction of sp³-hybridized carbons (Fsp3) is 0.273. The molecule has 7 nitrogen and oxygen atoms in total. The standard InChI is InChI=1S/C22H21N3O4/c1-13(26)23-11-14-3-2-4-15(9-14)16-5-6-18-17(10-16)12-25(22(18)29)19-7-8-20(27)24-21(19)28/h2-6,9-10,19H,7-8,11-12H2,1H3,(H,23,26)(H,24,27,28). The van der Waals surface area contributed by atoms with Crippen LogP contribution in [0.2, 0.25) is 0 Å². The Labute approximate surface area is 168 Å². The van der Waals surface area contributed by atoms with Crippen LogP contribution in [0.4, 0.5) is 0 Å². The van der Waals surface area contributed by atoms with Gasteiger partial charge >= 0.3 is 0 Å². The van der Waals surface area contributed by atoms with Crippen LogP contribution in [0.5, 0.6) is 0 Å². The Hall–Kier alpha value is -3.48. The molecule has 7 heteroatoms. The van der Waals surface area contributed by atoms with E-state index in [9.17, 15) is 19.2 Å². The van der Waals surface area contributed by atoms with Crippen molar-refractivity contribution in [2.75, 3.05) is 0 Å². The van der Waals surface area contributed by atoms with E-state index >= 15 is 0 Å². The molecular formula is C22H21N3O4. The summed E-state index contributed by atoms with van der Waals surface area (Å²) >= 11 is 0. The SMILES string of the molecule is CC(=O)NCc1cccc(-c2ccc3c(c2)CN(C2CCC(=O)NC2=O)C3=O)c1. The van der Waals surface area contributed by atoms with E-state index in [4.69, 9.17) is 0 Å². The summed E-state index contributed by atoms with van der Waals surface area (Å²) in [5, 5.41) is 5.10. The number of carbonyl (C=O) groups is 4. The van der Waals surface area contributed by atoms with Crippen molar-refractivity contribution in [3.63, 3.8) is 0 Å². The predicted molar refractivity (Wildman–Crippen MR) is 105 cm³/mol. The number of fused-ring (bicyclic) bond motifs is 1. The third-order valence-electron chi connectivity index (χ3n) is 5.33. The summed E-state index contributed by atoms with van der Waals surface area (Å²) in [6, 6.07) is 12.9. The number of rotatable bonds is 4. The van der Waals surface area contributed by atoms with Gasteiger partial charge in [-0.3, -0.25) is 24.5 Å². The van der Waals surface area contributed by atoms with Crippen LogP contribution in [-0.2, 0) is 27.5 Å². The van der Waals surface area contributed by atoms with Crippen LogP contribution in [0.25, 0.3) is 11.1 Å². The minimum Gasteiger partial charge on any atom is -0.352 e. The molecular weight excluding hydrogens is 370 g/mol. The molecule has 2 aromatic carbocycles. The van der Waals surface area contributed by atoms with Crippen LogP contribution in [-0.4, -0.2) is 34.6 Å². The maximum Gasteiger partial charge on any atom is 0.255 e. The highest BCUT2D eigenvalue weighted by Gasteiger charge is 2.39. The third-order valence-corrected chi connectivity index (χ3v) is 5.33. The van der Waals surface area contributed by atoms with Crippen LogP contribution in [0.15, 0.2) is 42.5 Å². The molecule has 0 radical (unpaired) electrons. The summed E-state index contributed by atoms with van der Waals surface area (Å²) < 4.78 is 0. The first-order valence-electron chi connectivity index (χ1n) is 9.54. The molecule has 1 fully saturated rings. The van der Waals surface area contributed by atoms with E-state index in [1.165, 1.54) is 6.92 Å². The first kappa shape index (κ1) is 18.9. The Kier molecular flexibility index (Phi) is 4.88. The van der Waals surface area contributed by atoms with Gasteiger partial charge < -0.3 is 10.2 Å². The van der Waals surface area contributed by atoms with Gasteiger partial charge in [-0.1, -0.05) is 24.3 Å². The van der Waals surface area contributed by atoms with E-state index in [1.807, 2.05) is 36.4 Å². The molecule has 0 saturated carbocycles. The molecule has 1 unspecified atom stereocenters. The first-order valence-corrected chi connectivity index (χ1v) is 9.54. The van der Waals surface area contributed by atoms with Crippen molar-refractivity contribution >= 4 is 23.6 Å². The highest BCUT2D eigenvalue weighted by atomic mass is 16.2. The Bertz CT molecular complexity index is 1030. The molecule has 1 atom stereocenters. The molecule has 0 spiro atoms. The number of piperidine rings is 1. The van der Waals surface area contributed by atoms with Crippen molar-refractivity contribution in [2.45, 2.75) is 38.9 Å². The van der Waals surface area contributed by atoms with Crippen LogP contribution in [0, 0.1) is 0 Å². The number of amides is 4. The van der Waals surface area contributed by atoms with Crippen molar-refractivity contribution in [1.29, 1.82) is 0 Å². The average molecular weight is 391 g/mol. The zero-order chi connectivity index (χ0) is 20.5. The first-order chi connectivity index (χ1) is 13.9. The van der Waals surface area contributed by atoms with Crippen LogP contribution < -0.4 is 10.6 Å². The van der Waals surface area contributed by atoms with Crippen LogP contribution in [0.1, 0.15) is 41.3 Å². The Morgan fingerprint density at radius 2 is 1.93 bits per heavy atom. The molecule has 2 heterocycles. The van der Waals surface area contributed by atoms with Crippen LogP contribution in [0.3, 0.4) is 0 Å². The molecule has 4 rings (SSSR count). The van der Waals surface area contributed by atoms with E-state index in [-0.39, 0.29) is 24.1 Å². The number of imide groups is 1. The highest BCUT2D eigenvalue weighted by molar-refractivity contribution is 6.05. The molecule has 2 aliphatic rings. The lowest BCUT2D eigenvalue weighted by Crippen LogP contribution is -2.52. The largest absolute Gasteiger partial charge is 0.352 e. The van der Waals surface area contributed by atoms with E-state index in [0.717, 1.165) is 22.3 Å². The molecule has 1 saturated heterocycles. The van der Waals surface area contributed by atoms with E-state index in [0.29, 0.717) is 25.1 Å². The minimum absolute atomic E-state index is 0.0833. The zero-order valence-electron chi connectivity index (χ0n) is 16.0. The summed E-state index contributed by atoms with van der Waals surface area (Å²) in [6.07, 6.45) is 0.589. The van der Waals surface area contributed by atoms with Crippen molar-refractivity contribution in [3.8, 4) is 11.1 Å². The van der Waals surface area contributed by atoms with E-state index in [2.05, 4.69) is 10.6 Å². The normalized spacial score (nSPS) is 18.4. The predicted octanol–water partition coefficient (Wildman–Crippen LogP) is 1.75. The lowest BCUT2D eigenvalue weighted by atomic mass is 9.99. The van der Waals surface area contributed by atoms with E-state index < -0.39 is 11.9 Å². The topological polar surface area (TPSA) is 95.6 Å². The Morgan fingerprint density at radius 3 is 2.69 bits per heavy atom. The van der Waals surface area contributed by atoms with Gasteiger partial charge in [0.05, 0.1) is 0 Å². The summed E-state index contributed by atoms with van der Waals surface area (Å²) in [6.45, 7) is 2.28. The zero-order valence-corrected chi connectivity index (χ0v) is 16.0. The summed E-state index contributed by atoms with van der Waals surface area (Å²) in [7, 11) is 0. The van der Waals surface area contributed by atoms with Gasteiger partial charge in [-0.25, -0.2) is 0 Å². The molecule has 2 aromatic rings. The number of hydrogen-bond acceptors (Lipinski definition) is 4. The van der Waals surface area contributed by atoms with Gasteiger partial charge in [0.25, 0.3) is 5.91 Å². The second-order valence-electron chi connectivity index (χ2n) is 7.38. The lowest BCUT2D eigenvalue weighted by Gasteiger charge is -2.29. The quantitative estimate of drug-likeness (QED) is 0.777. The van der Waals surface area contributed by atoms with Gasteiger partial charge in [0, 0.05) is 32.0 Å². The lowest BCUT2D eigenvalue weighted by molar-refractivity contribution is -0.137. The van der Waals surface area contributed by atoms with Crippen molar-refractivity contribution < 1.29 is 19.2 Å². The monoisotopic (exact) mass is 391 g/mol. The van der Waals surface area contributed by atoms with Gasteiger partial charge in [0.15, 0.2) is 0 Å². The molecule has 0 aromatic heterocycles. The summed E-state index contributed by atoms with van der Waals surface area (Å²) in [5.41, 5.74) is 4.39. The number of nitrogens with zero attached hydrogens (tertiary/aromatic N) is 1. The van der Waals surface area contributed by atoms with Crippen molar-refractivity contribution in [1.82, 2.24) is 15.5 Å². The highest BCUT2D eigenvalue weighted by Crippen LogP contribution is 2.31. The maximum absolute atomic E-state index is 12.8. The molecule has 0 aliphatic carbocycles. The molecule has 0 bridgehead atoms. The van der Waals surface area contributed by atoms with Gasteiger partial charge in [0.1, 0.15) is 6.04 Å². The van der Waals surface area contributed by atoms with Gasteiger partial charge in [0.2, 0.25) is 17.7 Å². The minimum atomic E-state index is -0.614. The molecule has 4 amide bonds. The van der Waals surface area contributed by atoms with Gasteiger partial charge in [-0.15, -0.1) is 0 Å². The number of nitrogens with one attached hydrogen (secondary N) is 2. The maximum atomic E-state index is 12.8. The molecule has 2 N–H and O–H groups in total. The number of benzene rings is 2. The molecule has 29 heavy (non-hydrogen) atoms. The molecule has 2 aliphatic heterocycles. The van der Waals surface area contributed by atoms with Crippen molar-refractivity contribution in [3.05, 3.63) is 59.2 Å². The smallest absolute Gasteiger partial charge is 0.255 e. The van der Waals surface area contributed by atoms with Crippen LogP contribution >= 0.6 is 0 Å². The second-order valence-corrected chi connectivity index (χ2v) is 7.38. The molecule has 148 valence electrons. The second kappa shape index (κ2) is 7.50. The number of hydrogen-bond donors (Lipinski definition) is 2. The van der Waals surface area contributed by atoms with E-state index in [1.54, 1.807) is 11.0 Å². The number of carbonyl (C=O) groups excluding carboxylic acids is 4. The van der Waals surface area contributed by atoms with Gasteiger partial charge in [-0.05, 0) is 46.9 Å². The van der Waals surface area contributed by atoms with Crippen molar-refractivity contribution in [2.24, 2.45) is 0 Å². The Morgan fingerprint density at radius 1 is 1.14 bits per heavy atom. The fourth-order valence-corrected chi connectivity index (χ4v) is 3.84. The summed E-state index contributed by atoms with van der Waals surface area (Å²) in [5.74, 6) is -0.967. The Balaban J connectivity index is 1.56. The van der Waals surface area contributed by atoms with Gasteiger partial charge in [-0.2, -0.15) is 0 Å². The third kappa shape index (κ3) is 3.76. The fourth-order valence-electron chi connectivity index (χ4n) is 3.84.